The third-order valence-electron chi connectivity index (χ3n) is 4.09. The number of nitrogens with zero attached hydrogens (tertiary/aromatic N) is 1. The van der Waals surface area contributed by atoms with E-state index in [4.69, 9.17) is 16.6 Å². The Morgan fingerprint density at radius 2 is 1.73 bits per heavy atom. The predicted molar refractivity (Wildman–Crippen MR) is 112 cm³/mol. The normalized spacial score (nSPS) is 12.2. The van der Waals surface area contributed by atoms with Crippen molar-refractivity contribution in [2.75, 3.05) is 0 Å². The van der Waals surface area contributed by atoms with Gasteiger partial charge in [-0.1, -0.05) is 60.1 Å². The number of thiazole rings is 1. The molecule has 0 fully saturated rings. The average molecular weight is 397 g/mol. The Labute approximate surface area is 166 Å². The number of aromatic nitrogens is 1. The lowest BCUT2D eigenvalue weighted by molar-refractivity contribution is 0.606. The molecule has 2 heterocycles. The first-order chi connectivity index (χ1) is 12.8. The van der Waals surface area contributed by atoms with Crippen molar-refractivity contribution in [3.05, 3.63) is 98.6 Å². The number of nitrogens with one attached hydrogen (secondary N) is 1. The van der Waals surface area contributed by atoms with E-state index in [0.717, 1.165) is 27.8 Å². The van der Waals surface area contributed by atoms with Crippen LogP contribution < -0.4 is 5.32 Å². The number of benzene rings is 2. The Hall–Kier alpha value is -1.98. The third-order valence-corrected chi connectivity index (χ3v) is 6.22. The second-order valence-electron chi connectivity index (χ2n) is 5.89. The summed E-state index contributed by atoms with van der Waals surface area (Å²) in [5.74, 6) is 0. The molecule has 4 aromatic rings. The molecular formula is C21H17ClN2S2. The Kier molecular flexibility index (Phi) is 5.46. The number of hydrogen-bond acceptors (Lipinski definition) is 4. The van der Waals surface area contributed by atoms with E-state index in [1.54, 1.807) is 22.7 Å². The summed E-state index contributed by atoms with van der Waals surface area (Å²) < 4.78 is 0. The van der Waals surface area contributed by atoms with E-state index in [-0.39, 0.29) is 6.04 Å². The fourth-order valence-corrected chi connectivity index (χ4v) is 4.58. The summed E-state index contributed by atoms with van der Waals surface area (Å²) in [7, 11) is 0. The van der Waals surface area contributed by atoms with Gasteiger partial charge in [-0.15, -0.1) is 22.7 Å². The van der Waals surface area contributed by atoms with Gasteiger partial charge in [0.25, 0.3) is 0 Å². The summed E-state index contributed by atoms with van der Waals surface area (Å²) in [5, 5.41) is 9.66. The van der Waals surface area contributed by atoms with Crippen LogP contribution in [0.5, 0.6) is 0 Å². The van der Waals surface area contributed by atoms with Crippen molar-refractivity contribution in [3.8, 4) is 10.6 Å². The smallest absolute Gasteiger partial charge is 0.123 e. The lowest BCUT2D eigenvalue weighted by atomic mass is 10.1. The molecule has 0 saturated carbocycles. The first-order valence-electron chi connectivity index (χ1n) is 8.32. The highest BCUT2D eigenvalue weighted by Crippen LogP contribution is 2.28. The molecule has 0 saturated heterocycles. The molecule has 1 atom stereocenters. The van der Waals surface area contributed by atoms with Crippen molar-refractivity contribution >= 4 is 34.3 Å². The molecule has 0 aliphatic heterocycles. The Balaban J connectivity index is 1.51. The number of thiophene rings is 1. The van der Waals surface area contributed by atoms with Gasteiger partial charge in [-0.2, -0.15) is 0 Å². The predicted octanol–water partition coefficient (Wildman–Crippen LogP) is 6.40. The molecule has 130 valence electrons. The van der Waals surface area contributed by atoms with Crippen molar-refractivity contribution in [1.29, 1.82) is 0 Å². The maximum atomic E-state index is 5.97. The van der Waals surface area contributed by atoms with E-state index in [9.17, 15) is 0 Å². The maximum absolute atomic E-state index is 5.97. The summed E-state index contributed by atoms with van der Waals surface area (Å²) >= 11 is 9.40. The molecule has 5 heteroatoms. The van der Waals surface area contributed by atoms with Gasteiger partial charge >= 0.3 is 0 Å². The zero-order valence-electron chi connectivity index (χ0n) is 13.9. The first-order valence-corrected chi connectivity index (χ1v) is 10.5. The summed E-state index contributed by atoms with van der Waals surface area (Å²) in [6.07, 6.45) is 0. The van der Waals surface area contributed by atoms with Crippen LogP contribution in [0.1, 0.15) is 22.2 Å². The van der Waals surface area contributed by atoms with Crippen LogP contribution in [-0.2, 0) is 6.54 Å². The molecule has 0 unspecified atom stereocenters. The van der Waals surface area contributed by atoms with Crippen LogP contribution in [0.4, 0.5) is 0 Å². The molecular weight excluding hydrogens is 380 g/mol. The summed E-state index contributed by atoms with van der Waals surface area (Å²) in [4.78, 5) is 6.08. The van der Waals surface area contributed by atoms with E-state index < -0.39 is 0 Å². The van der Waals surface area contributed by atoms with Gasteiger partial charge in [0, 0.05) is 27.4 Å². The Morgan fingerprint density at radius 3 is 2.46 bits per heavy atom. The minimum absolute atomic E-state index is 0.178. The second kappa shape index (κ2) is 8.14. The third kappa shape index (κ3) is 4.05. The molecule has 4 rings (SSSR count). The fraction of sp³-hybridized carbons (Fsp3) is 0.0952. The number of hydrogen-bond donors (Lipinski definition) is 1. The van der Waals surface area contributed by atoms with Crippen molar-refractivity contribution in [2.45, 2.75) is 12.6 Å². The highest BCUT2D eigenvalue weighted by molar-refractivity contribution is 7.13. The minimum atomic E-state index is 0.178. The minimum Gasteiger partial charge on any atom is -0.300 e. The molecule has 0 bridgehead atoms. The van der Waals surface area contributed by atoms with E-state index in [0.29, 0.717) is 0 Å². The lowest BCUT2D eigenvalue weighted by Crippen LogP contribution is -2.21. The van der Waals surface area contributed by atoms with Crippen LogP contribution in [0.2, 0.25) is 5.02 Å². The van der Waals surface area contributed by atoms with Crippen LogP contribution >= 0.6 is 34.3 Å². The van der Waals surface area contributed by atoms with Crippen molar-refractivity contribution < 1.29 is 0 Å². The molecule has 0 amide bonds. The zero-order valence-corrected chi connectivity index (χ0v) is 16.3. The van der Waals surface area contributed by atoms with Crippen molar-refractivity contribution in [2.24, 2.45) is 0 Å². The van der Waals surface area contributed by atoms with Gasteiger partial charge in [-0.3, -0.25) is 5.32 Å². The Morgan fingerprint density at radius 1 is 0.923 bits per heavy atom. The maximum Gasteiger partial charge on any atom is 0.123 e. The van der Waals surface area contributed by atoms with Crippen molar-refractivity contribution in [1.82, 2.24) is 10.3 Å². The van der Waals surface area contributed by atoms with Gasteiger partial charge in [0.2, 0.25) is 0 Å². The van der Waals surface area contributed by atoms with Crippen LogP contribution in [0.15, 0.2) is 77.5 Å². The average Bonchev–Trinajstić information content (AvgIpc) is 3.36. The van der Waals surface area contributed by atoms with Crippen LogP contribution in [0.25, 0.3) is 10.6 Å². The topological polar surface area (TPSA) is 24.9 Å². The Bertz CT molecular complexity index is 947. The van der Waals surface area contributed by atoms with Crippen molar-refractivity contribution in [3.63, 3.8) is 0 Å². The quantitative estimate of drug-likeness (QED) is 0.407. The molecule has 0 spiro atoms. The van der Waals surface area contributed by atoms with Crippen LogP contribution in [0, 0.1) is 0 Å². The van der Waals surface area contributed by atoms with Gasteiger partial charge in [0.15, 0.2) is 0 Å². The molecule has 0 aliphatic carbocycles. The molecule has 1 N–H and O–H groups in total. The number of halogens is 1. The van der Waals surface area contributed by atoms with E-state index in [1.165, 1.54) is 10.4 Å². The monoisotopic (exact) mass is 396 g/mol. The van der Waals surface area contributed by atoms with E-state index in [1.807, 2.05) is 30.3 Å². The highest BCUT2D eigenvalue weighted by Gasteiger charge is 2.15. The largest absolute Gasteiger partial charge is 0.300 e. The summed E-state index contributed by atoms with van der Waals surface area (Å²) in [5.41, 5.74) is 3.42. The SMILES string of the molecule is Clc1ccc(-c2nc(CN[C@@H](c3ccccc3)c3cccs3)cs2)cc1. The second-order valence-corrected chi connectivity index (χ2v) is 8.16. The standard InChI is InChI=1S/C21H17ClN2S2/c22-17-10-8-16(9-11-17)21-24-18(14-26-21)13-23-20(19-7-4-12-25-19)15-5-2-1-3-6-15/h1-12,14,20,23H,13H2/t20-/m0/s1. The number of rotatable bonds is 6. The van der Waals surface area contributed by atoms with Gasteiger partial charge in [0.05, 0.1) is 11.7 Å². The fourth-order valence-electron chi connectivity index (χ4n) is 2.80. The zero-order chi connectivity index (χ0) is 17.8. The van der Waals surface area contributed by atoms with Gasteiger partial charge in [-0.25, -0.2) is 4.98 Å². The molecule has 2 aromatic carbocycles. The molecule has 26 heavy (non-hydrogen) atoms. The molecule has 0 radical (unpaired) electrons. The van der Waals surface area contributed by atoms with Gasteiger partial charge < -0.3 is 0 Å². The van der Waals surface area contributed by atoms with E-state index >= 15 is 0 Å². The molecule has 2 nitrogen and oxygen atoms in total. The first kappa shape index (κ1) is 17.4. The van der Waals surface area contributed by atoms with Crippen LogP contribution in [-0.4, -0.2) is 4.98 Å². The van der Waals surface area contributed by atoms with Crippen LogP contribution in [0.3, 0.4) is 0 Å². The molecule has 0 aliphatic rings. The summed E-state index contributed by atoms with van der Waals surface area (Å²) in [6, 6.07) is 22.8. The molecule has 2 aromatic heterocycles. The highest BCUT2D eigenvalue weighted by atomic mass is 35.5. The van der Waals surface area contributed by atoms with Gasteiger partial charge in [-0.05, 0) is 29.1 Å². The van der Waals surface area contributed by atoms with E-state index in [2.05, 4.69) is 52.5 Å². The summed E-state index contributed by atoms with van der Waals surface area (Å²) in [6.45, 7) is 0.724. The van der Waals surface area contributed by atoms with Gasteiger partial charge in [0.1, 0.15) is 5.01 Å². The lowest BCUT2D eigenvalue weighted by Gasteiger charge is -2.17.